The summed E-state index contributed by atoms with van der Waals surface area (Å²) in [6, 6.07) is 9.96. The maximum absolute atomic E-state index is 13.8. The molecule has 0 aliphatic heterocycles. The summed E-state index contributed by atoms with van der Waals surface area (Å²) >= 11 is 6.22. The van der Waals surface area contributed by atoms with Gasteiger partial charge < -0.3 is 14.8 Å². The van der Waals surface area contributed by atoms with Gasteiger partial charge in [-0.15, -0.1) is 0 Å². The molecule has 0 unspecified atom stereocenters. The topological polar surface area (TPSA) is 54.3 Å². The molecule has 2 aromatic carbocycles. The normalized spacial score (nSPS) is 10.3. The van der Waals surface area contributed by atoms with Gasteiger partial charge in [0.2, 0.25) is 0 Å². The van der Waals surface area contributed by atoms with Gasteiger partial charge in [0, 0.05) is 18.7 Å². The molecule has 1 N–H and O–H groups in total. The van der Waals surface area contributed by atoms with E-state index in [9.17, 15) is 4.39 Å². The molecule has 126 valence electrons. The van der Waals surface area contributed by atoms with E-state index < -0.39 is 5.82 Å². The summed E-state index contributed by atoms with van der Waals surface area (Å²) in [5, 5.41) is 12.4. The molecule has 0 atom stereocenters. The predicted molar refractivity (Wildman–Crippen MR) is 90.8 cm³/mol. The molecule has 0 saturated carbocycles. The van der Waals surface area contributed by atoms with Crippen molar-refractivity contribution in [2.45, 2.75) is 20.0 Å². The Morgan fingerprint density at radius 1 is 1.25 bits per heavy atom. The second kappa shape index (κ2) is 8.53. The number of ether oxygens (including phenoxy) is 2. The lowest BCUT2D eigenvalue weighted by molar-refractivity contribution is 0.311. The molecule has 24 heavy (non-hydrogen) atoms. The first-order valence-electron chi connectivity index (χ1n) is 7.47. The second-order valence-electron chi connectivity index (χ2n) is 5.06. The summed E-state index contributed by atoms with van der Waals surface area (Å²) in [5.74, 6) is 0.679. The zero-order valence-corrected chi connectivity index (χ0v) is 14.3. The number of hydrogen-bond acceptors (Lipinski definition) is 4. The third kappa shape index (κ3) is 4.38. The van der Waals surface area contributed by atoms with E-state index in [2.05, 4.69) is 5.32 Å². The van der Waals surface area contributed by atoms with Crippen LogP contribution in [0.4, 0.5) is 4.39 Å². The smallest absolute Gasteiger partial charge is 0.179 e. The minimum absolute atomic E-state index is 0.305. The molecule has 0 radical (unpaired) electrons. The lowest BCUT2D eigenvalue weighted by atomic mass is 10.1. The van der Waals surface area contributed by atoms with Crippen LogP contribution in [-0.4, -0.2) is 13.7 Å². The SMILES string of the molecule is CCOc1c(Cl)cc(CNCc2ccc(C#N)cc2F)cc1OC. The van der Waals surface area contributed by atoms with Crippen molar-refractivity contribution in [1.29, 1.82) is 5.26 Å². The van der Waals surface area contributed by atoms with E-state index in [0.29, 0.717) is 47.3 Å². The van der Waals surface area contributed by atoms with Gasteiger partial charge in [-0.2, -0.15) is 5.26 Å². The van der Waals surface area contributed by atoms with E-state index in [1.165, 1.54) is 6.07 Å². The highest BCUT2D eigenvalue weighted by atomic mass is 35.5. The Balaban J connectivity index is 2.05. The van der Waals surface area contributed by atoms with Crippen LogP contribution >= 0.6 is 11.6 Å². The van der Waals surface area contributed by atoms with Crippen LogP contribution in [0.15, 0.2) is 30.3 Å². The molecule has 0 heterocycles. The van der Waals surface area contributed by atoms with E-state index in [0.717, 1.165) is 5.56 Å². The number of rotatable bonds is 7. The molecule has 6 heteroatoms. The fraction of sp³-hybridized carbons (Fsp3) is 0.278. The van der Waals surface area contributed by atoms with Crippen molar-refractivity contribution in [2.75, 3.05) is 13.7 Å². The molecule has 0 amide bonds. The third-order valence-corrected chi connectivity index (χ3v) is 3.69. The van der Waals surface area contributed by atoms with Gasteiger partial charge in [0.25, 0.3) is 0 Å². The summed E-state index contributed by atoms with van der Waals surface area (Å²) in [6.45, 7) is 3.19. The zero-order chi connectivity index (χ0) is 17.5. The summed E-state index contributed by atoms with van der Waals surface area (Å²) in [5.41, 5.74) is 1.70. The molecule has 0 fully saturated rings. The van der Waals surface area contributed by atoms with Crippen LogP contribution in [0.1, 0.15) is 23.6 Å². The number of nitrogens with one attached hydrogen (secondary N) is 1. The molecular formula is C18H18ClFN2O2. The van der Waals surface area contributed by atoms with Crippen molar-refractivity contribution >= 4 is 11.6 Å². The van der Waals surface area contributed by atoms with Gasteiger partial charge in [0.1, 0.15) is 5.82 Å². The first-order chi connectivity index (χ1) is 11.6. The Morgan fingerprint density at radius 3 is 2.67 bits per heavy atom. The van der Waals surface area contributed by atoms with Gasteiger partial charge in [0.05, 0.1) is 30.4 Å². The second-order valence-corrected chi connectivity index (χ2v) is 5.47. The van der Waals surface area contributed by atoms with Crippen molar-refractivity contribution in [1.82, 2.24) is 5.32 Å². The summed E-state index contributed by atoms with van der Waals surface area (Å²) in [4.78, 5) is 0. The van der Waals surface area contributed by atoms with Gasteiger partial charge in [0.15, 0.2) is 11.5 Å². The van der Waals surface area contributed by atoms with Gasteiger partial charge >= 0.3 is 0 Å². The third-order valence-electron chi connectivity index (χ3n) is 3.40. The van der Waals surface area contributed by atoms with Gasteiger partial charge in [-0.1, -0.05) is 17.7 Å². The van der Waals surface area contributed by atoms with E-state index >= 15 is 0 Å². The molecule has 0 bridgehead atoms. The Labute approximate surface area is 145 Å². The quantitative estimate of drug-likeness (QED) is 0.820. The predicted octanol–water partition coefficient (Wildman–Crippen LogP) is 4.05. The fourth-order valence-electron chi connectivity index (χ4n) is 2.26. The van der Waals surface area contributed by atoms with Crippen molar-refractivity contribution in [3.05, 3.63) is 57.9 Å². The van der Waals surface area contributed by atoms with Crippen LogP contribution in [0.2, 0.25) is 5.02 Å². The highest BCUT2D eigenvalue weighted by Gasteiger charge is 2.11. The van der Waals surface area contributed by atoms with E-state index in [-0.39, 0.29) is 0 Å². The average Bonchev–Trinajstić information content (AvgIpc) is 2.58. The summed E-state index contributed by atoms with van der Waals surface area (Å²) in [6.07, 6.45) is 0. The molecule has 0 aliphatic carbocycles. The van der Waals surface area contributed by atoms with E-state index in [4.69, 9.17) is 26.3 Å². The minimum Gasteiger partial charge on any atom is -0.493 e. The number of benzene rings is 2. The van der Waals surface area contributed by atoms with Gasteiger partial charge in [-0.3, -0.25) is 0 Å². The van der Waals surface area contributed by atoms with Crippen LogP contribution in [0.5, 0.6) is 11.5 Å². The Bertz CT molecular complexity index is 759. The van der Waals surface area contributed by atoms with Crippen molar-refractivity contribution in [3.8, 4) is 17.6 Å². The van der Waals surface area contributed by atoms with Crippen LogP contribution in [0, 0.1) is 17.1 Å². The fourth-order valence-corrected chi connectivity index (χ4v) is 2.55. The van der Waals surface area contributed by atoms with Crippen LogP contribution < -0.4 is 14.8 Å². The number of nitriles is 1. The van der Waals surface area contributed by atoms with E-state index in [1.807, 2.05) is 19.1 Å². The minimum atomic E-state index is -0.399. The van der Waals surface area contributed by atoms with Gasteiger partial charge in [-0.05, 0) is 36.8 Å². The number of nitrogens with zero attached hydrogens (tertiary/aromatic N) is 1. The van der Waals surface area contributed by atoms with E-state index in [1.54, 1.807) is 25.3 Å². The molecule has 4 nitrogen and oxygen atoms in total. The number of methoxy groups -OCH3 is 1. The molecule has 0 aromatic heterocycles. The Kier molecular flexibility index (Phi) is 6.42. The highest BCUT2D eigenvalue weighted by Crippen LogP contribution is 2.36. The molecular weight excluding hydrogens is 331 g/mol. The first kappa shape index (κ1) is 18.1. The largest absolute Gasteiger partial charge is 0.493 e. The molecule has 0 saturated heterocycles. The number of halogens is 2. The van der Waals surface area contributed by atoms with Crippen molar-refractivity contribution in [2.24, 2.45) is 0 Å². The number of hydrogen-bond donors (Lipinski definition) is 1. The standard InChI is InChI=1S/C18H18ClFN2O2/c1-3-24-18-15(19)6-13(8-17(18)23-2)10-22-11-14-5-4-12(9-21)7-16(14)20/h4-8,22H,3,10-11H2,1-2H3. The van der Waals surface area contributed by atoms with Crippen molar-refractivity contribution < 1.29 is 13.9 Å². The maximum atomic E-state index is 13.8. The zero-order valence-electron chi connectivity index (χ0n) is 13.5. The van der Waals surface area contributed by atoms with Crippen LogP contribution in [0.25, 0.3) is 0 Å². The maximum Gasteiger partial charge on any atom is 0.179 e. The van der Waals surface area contributed by atoms with Gasteiger partial charge in [-0.25, -0.2) is 4.39 Å². The van der Waals surface area contributed by atoms with Crippen molar-refractivity contribution in [3.63, 3.8) is 0 Å². The Morgan fingerprint density at radius 2 is 2.04 bits per heavy atom. The van der Waals surface area contributed by atoms with Crippen LogP contribution in [0.3, 0.4) is 0 Å². The summed E-state index contributed by atoms with van der Waals surface area (Å²) < 4.78 is 24.6. The average molecular weight is 349 g/mol. The summed E-state index contributed by atoms with van der Waals surface area (Å²) in [7, 11) is 1.55. The molecule has 0 spiro atoms. The Hall–Kier alpha value is -2.29. The lowest BCUT2D eigenvalue weighted by Crippen LogP contribution is -2.14. The molecule has 2 aromatic rings. The van der Waals surface area contributed by atoms with Crippen LogP contribution in [-0.2, 0) is 13.1 Å². The lowest BCUT2D eigenvalue weighted by Gasteiger charge is -2.13. The first-order valence-corrected chi connectivity index (χ1v) is 7.85. The molecule has 2 rings (SSSR count). The monoisotopic (exact) mass is 348 g/mol. The molecule has 0 aliphatic rings. The highest BCUT2D eigenvalue weighted by molar-refractivity contribution is 6.32.